The standard InChI is InChI=1S/C14H25N5O/c1-11-8-13(18(4)5)16-14(15-11)19-6-7-20-12(10-19)9-17(2)3/h8,12H,6-7,9-10H2,1-5H3. The molecule has 0 bridgehead atoms. The molecular formula is C14H25N5O. The first-order valence-corrected chi connectivity index (χ1v) is 7.00. The van der Waals surface area contributed by atoms with Gasteiger partial charge in [0.15, 0.2) is 0 Å². The Bertz CT molecular complexity index is 449. The third-order valence-electron chi connectivity index (χ3n) is 3.28. The van der Waals surface area contributed by atoms with Gasteiger partial charge < -0.3 is 19.4 Å². The quantitative estimate of drug-likeness (QED) is 0.805. The van der Waals surface area contributed by atoms with E-state index in [-0.39, 0.29) is 6.10 Å². The third kappa shape index (κ3) is 3.80. The van der Waals surface area contributed by atoms with Crippen LogP contribution in [0.1, 0.15) is 5.69 Å². The molecule has 0 saturated carbocycles. The van der Waals surface area contributed by atoms with Gasteiger partial charge in [-0.3, -0.25) is 0 Å². The molecule has 1 unspecified atom stereocenters. The van der Waals surface area contributed by atoms with Gasteiger partial charge >= 0.3 is 0 Å². The van der Waals surface area contributed by atoms with Crippen molar-refractivity contribution in [2.24, 2.45) is 0 Å². The van der Waals surface area contributed by atoms with E-state index in [0.29, 0.717) is 0 Å². The van der Waals surface area contributed by atoms with Gasteiger partial charge in [0.05, 0.1) is 12.7 Å². The Morgan fingerprint density at radius 2 is 2.05 bits per heavy atom. The smallest absolute Gasteiger partial charge is 0.227 e. The molecule has 1 aromatic rings. The van der Waals surface area contributed by atoms with Gasteiger partial charge in [-0.05, 0) is 21.0 Å². The van der Waals surface area contributed by atoms with Gasteiger partial charge in [0.2, 0.25) is 5.95 Å². The van der Waals surface area contributed by atoms with Gasteiger partial charge in [0, 0.05) is 45.5 Å². The Kier molecular flexibility index (Phi) is 4.77. The van der Waals surface area contributed by atoms with Gasteiger partial charge in [-0.25, -0.2) is 4.98 Å². The molecule has 6 nitrogen and oxygen atoms in total. The Balaban J connectivity index is 2.14. The van der Waals surface area contributed by atoms with Crippen molar-refractivity contribution in [2.45, 2.75) is 13.0 Å². The van der Waals surface area contributed by atoms with Crippen LogP contribution in [0, 0.1) is 6.92 Å². The van der Waals surface area contributed by atoms with Crippen molar-refractivity contribution in [2.75, 3.05) is 64.2 Å². The van der Waals surface area contributed by atoms with E-state index in [2.05, 4.69) is 33.9 Å². The molecule has 112 valence electrons. The molecule has 1 aromatic heterocycles. The molecule has 2 heterocycles. The van der Waals surface area contributed by atoms with Crippen LogP contribution in [-0.4, -0.2) is 75.4 Å². The highest BCUT2D eigenvalue weighted by molar-refractivity contribution is 5.45. The average Bonchev–Trinajstić information content (AvgIpc) is 2.37. The lowest BCUT2D eigenvalue weighted by Gasteiger charge is -2.34. The lowest BCUT2D eigenvalue weighted by molar-refractivity contribution is 0.0243. The highest BCUT2D eigenvalue weighted by atomic mass is 16.5. The van der Waals surface area contributed by atoms with Crippen LogP contribution in [0.5, 0.6) is 0 Å². The first-order valence-electron chi connectivity index (χ1n) is 7.00. The first kappa shape index (κ1) is 15.0. The summed E-state index contributed by atoms with van der Waals surface area (Å²) in [5, 5.41) is 0. The summed E-state index contributed by atoms with van der Waals surface area (Å²) in [5.74, 6) is 1.75. The maximum absolute atomic E-state index is 5.80. The highest BCUT2D eigenvalue weighted by Crippen LogP contribution is 2.18. The fraction of sp³-hybridized carbons (Fsp3) is 0.714. The largest absolute Gasteiger partial charge is 0.373 e. The summed E-state index contributed by atoms with van der Waals surface area (Å²) in [6, 6.07) is 2.00. The first-order chi connectivity index (χ1) is 9.45. The second kappa shape index (κ2) is 6.37. The molecule has 1 atom stereocenters. The summed E-state index contributed by atoms with van der Waals surface area (Å²) in [7, 11) is 8.13. The number of aromatic nitrogens is 2. The third-order valence-corrected chi connectivity index (χ3v) is 3.28. The van der Waals surface area contributed by atoms with E-state index in [0.717, 1.165) is 43.7 Å². The van der Waals surface area contributed by atoms with E-state index in [1.165, 1.54) is 0 Å². The van der Waals surface area contributed by atoms with Gasteiger partial charge in [-0.2, -0.15) is 4.98 Å². The second-order valence-corrected chi connectivity index (χ2v) is 5.76. The van der Waals surface area contributed by atoms with E-state index >= 15 is 0 Å². The molecular weight excluding hydrogens is 254 g/mol. The number of rotatable bonds is 4. The van der Waals surface area contributed by atoms with E-state index in [9.17, 15) is 0 Å². The zero-order valence-corrected chi connectivity index (χ0v) is 13.1. The number of likely N-dealkylation sites (N-methyl/N-ethyl adjacent to an activating group) is 1. The van der Waals surface area contributed by atoms with Crippen molar-refractivity contribution in [3.63, 3.8) is 0 Å². The number of nitrogens with zero attached hydrogens (tertiary/aromatic N) is 5. The number of anilines is 2. The maximum atomic E-state index is 5.80. The molecule has 20 heavy (non-hydrogen) atoms. The molecule has 0 spiro atoms. The number of hydrogen-bond donors (Lipinski definition) is 0. The average molecular weight is 279 g/mol. The van der Waals surface area contributed by atoms with Crippen LogP contribution in [0.25, 0.3) is 0 Å². The summed E-state index contributed by atoms with van der Waals surface area (Å²) in [5.41, 5.74) is 0.995. The SMILES string of the molecule is Cc1cc(N(C)C)nc(N2CCOC(CN(C)C)C2)n1. The van der Waals surface area contributed by atoms with Gasteiger partial charge in [0.25, 0.3) is 0 Å². The minimum atomic E-state index is 0.214. The fourth-order valence-corrected chi connectivity index (χ4v) is 2.33. The van der Waals surface area contributed by atoms with Crippen molar-refractivity contribution in [3.05, 3.63) is 11.8 Å². The van der Waals surface area contributed by atoms with Crippen molar-refractivity contribution >= 4 is 11.8 Å². The molecule has 2 rings (SSSR count). The minimum absolute atomic E-state index is 0.214. The fourth-order valence-electron chi connectivity index (χ4n) is 2.33. The highest BCUT2D eigenvalue weighted by Gasteiger charge is 2.23. The van der Waals surface area contributed by atoms with Crippen LogP contribution >= 0.6 is 0 Å². The molecule has 0 aromatic carbocycles. The predicted molar refractivity (Wildman–Crippen MR) is 81.6 cm³/mol. The number of aryl methyl sites for hydroxylation is 1. The van der Waals surface area contributed by atoms with E-state index in [1.807, 2.05) is 32.0 Å². The molecule has 0 aliphatic carbocycles. The van der Waals surface area contributed by atoms with E-state index < -0.39 is 0 Å². The van der Waals surface area contributed by atoms with Gasteiger partial charge in [-0.15, -0.1) is 0 Å². The summed E-state index contributed by atoms with van der Waals surface area (Å²) in [6.45, 7) is 5.35. The Morgan fingerprint density at radius 3 is 2.70 bits per heavy atom. The normalized spacial score (nSPS) is 19.5. The minimum Gasteiger partial charge on any atom is -0.373 e. The summed E-state index contributed by atoms with van der Waals surface area (Å²) in [4.78, 5) is 15.6. The summed E-state index contributed by atoms with van der Waals surface area (Å²) in [6.07, 6.45) is 0.214. The van der Waals surface area contributed by atoms with E-state index in [1.54, 1.807) is 0 Å². The predicted octanol–water partition coefficient (Wildman–Crippen LogP) is 0.618. The monoisotopic (exact) mass is 279 g/mol. The molecule has 0 amide bonds. The van der Waals surface area contributed by atoms with Crippen LogP contribution in [0.4, 0.5) is 11.8 Å². The van der Waals surface area contributed by atoms with Crippen LogP contribution in [-0.2, 0) is 4.74 Å². The van der Waals surface area contributed by atoms with Crippen molar-refractivity contribution in [3.8, 4) is 0 Å². The Labute approximate surface area is 121 Å². The molecule has 0 radical (unpaired) electrons. The van der Waals surface area contributed by atoms with Gasteiger partial charge in [0.1, 0.15) is 5.82 Å². The van der Waals surface area contributed by atoms with E-state index in [4.69, 9.17) is 4.74 Å². The van der Waals surface area contributed by atoms with Crippen molar-refractivity contribution < 1.29 is 4.74 Å². The summed E-state index contributed by atoms with van der Waals surface area (Å²) >= 11 is 0. The zero-order valence-electron chi connectivity index (χ0n) is 13.1. The molecule has 0 N–H and O–H groups in total. The topological polar surface area (TPSA) is 44.7 Å². The Hall–Kier alpha value is -1.40. The van der Waals surface area contributed by atoms with Crippen LogP contribution in [0.3, 0.4) is 0 Å². The zero-order chi connectivity index (χ0) is 14.7. The molecule has 1 fully saturated rings. The van der Waals surface area contributed by atoms with Crippen LogP contribution < -0.4 is 9.80 Å². The molecule has 1 aliphatic rings. The molecule has 6 heteroatoms. The number of morpholine rings is 1. The molecule has 1 saturated heterocycles. The lowest BCUT2D eigenvalue weighted by atomic mass is 10.2. The lowest BCUT2D eigenvalue weighted by Crippen LogP contribution is -2.47. The van der Waals surface area contributed by atoms with Crippen molar-refractivity contribution in [1.29, 1.82) is 0 Å². The second-order valence-electron chi connectivity index (χ2n) is 5.76. The van der Waals surface area contributed by atoms with Crippen LogP contribution in [0.15, 0.2) is 6.07 Å². The number of ether oxygens (including phenoxy) is 1. The maximum Gasteiger partial charge on any atom is 0.227 e. The number of hydrogen-bond acceptors (Lipinski definition) is 6. The summed E-state index contributed by atoms with van der Waals surface area (Å²) < 4.78 is 5.80. The van der Waals surface area contributed by atoms with Crippen LogP contribution in [0.2, 0.25) is 0 Å². The molecule has 1 aliphatic heterocycles. The van der Waals surface area contributed by atoms with Gasteiger partial charge in [-0.1, -0.05) is 0 Å². The van der Waals surface area contributed by atoms with Crippen molar-refractivity contribution in [1.82, 2.24) is 14.9 Å². The Morgan fingerprint density at radius 1 is 1.30 bits per heavy atom.